The van der Waals surface area contributed by atoms with E-state index in [-0.39, 0.29) is 5.75 Å². The fraction of sp³-hybridized carbons (Fsp3) is 0.200. The summed E-state index contributed by atoms with van der Waals surface area (Å²) in [6, 6.07) is 8.99. The van der Waals surface area contributed by atoms with Crippen molar-refractivity contribution in [1.82, 2.24) is 0 Å². The Morgan fingerprint density at radius 2 is 2.05 bits per heavy atom. The van der Waals surface area contributed by atoms with Gasteiger partial charge in [0.25, 0.3) is 0 Å². The fourth-order valence-corrected chi connectivity index (χ4v) is 3.36. The topological polar surface area (TPSA) is 52.3 Å². The van der Waals surface area contributed by atoms with Gasteiger partial charge >= 0.3 is 0 Å². The Hall–Kier alpha value is -1.59. The number of benzene rings is 2. The normalized spacial score (nSPS) is 12.1. The summed E-state index contributed by atoms with van der Waals surface area (Å²) >= 11 is 5.99. The molecule has 6 heteroatoms. The van der Waals surface area contributed by atoms with Gasteiger partial charge in [0.05, 0.1) is 28.1 Å². The van der Waals surface area contributed by atoms with Gasteiger partial charge in [-0.05, 0) is 48.9 Å². The Morgan fingerprint density at radius 1 is 1.29 bits per heavy atom. The van der Waals surface area contributed by atoms with E-state index < -0.39 is 16.6 Å². The van der Waals surface area contributed by atoms with Crippen molar-refractivity contribution in [2.24, 2.45) is 0 Å². The van der Waals surface area contributed by atoms with Gasteiger partial charge in [-0.25, -0.2) is 4.39 Å². The Balaban J connectivity index is 2.27. The summed E-state index contributed by atoms with van der Waals surface area (Å²) < 4.78 is 31.1. The lowest BCUT2D eigenvalue weighted by Gasteiger charge is -2.10. The Kier molecular flexibility index (Phi) is 5.20. The molecule has 2 aromatic carbocycles. The number of halogens is 2. The smallest absolute Gasteiger partial charge is 0.123 e. The lowest BCUT2D eigenvalue weighted by Crippen LogP contribution is -2.03. The summed E-state index contributed by atoms with van der Waals surface area (Å²) in [7, 11) is -1.43. The molecule has 3 nitrogen and oxygen atoms in total. The molecular formula is C15H15ClFNO2S. The predicted molar refractivity (Wildman–Crippen MR) is 83.5 cm³/mol. The number of ether oxygens (including phenoxy) is 1. The molecule has 0 fully saturated rings. The van der Waals surface area contributed by atoms with E-state index in [0.29, 0.717) is 33.5 Å². The molecule has 2 N–H and O–H groups in total. The van der Waals surface area contributed by atoms with Gasteiger partial charge in [-0.15, -0.1) is 0 Å². The zero-order chi connectivity index (χ0) is 15.4. The summed E-state index contributed by atoms with van der Waals surface area (Å²) in [6.07, 6.45) is 0. The first-order valence-electron chi connectivity index (χ1n) is 6.36. The molecule has 0 spiro atoms. The molecule has 21 heavy (non-hydrogen) atoms. The zero-order valence-corrected chi connectivity index (χ0v) is 13.0. The van der Waals surface area contributed by atoms with Gasteiger partial charge in [0, 0.05) is 10.7 Å². The van der Waals surface area contributed by atoms with Gasteiger partial charge < -0.3 is 10.5 Å². The van der Waals surface area contributed by atoms with E-state index in [9.17, 15) is 8.60 Å². The number of hydrogen-bond donors (Lipinski definition) is 1. The standard InChI is InChI=1S/C15H15ClFNO2S/c1-2-20-12-4-6-14(18)15(8-12)21(19)9-10-7-11(17)3-5-13(10)16/h3-8H,2,9,18H2,1H3. The number of rotatable bonds is 5. The number of nitrogen functional groups attached to an aromatic ring is 1. The third kappa shape index (κ3) is 3.95. The van der Waals surface area contributed by atoms with E-state index in [1.54, 1.807) is 18.2 Å². The number of anilines is 1. The summed E-state index contributed by atoms with van der Waals surface area (Å²) in [5.41, 5.74) is 6.74. The minimum atomic E-state index is -1.43. The van der Waals surface area contributed by atoms with Crippen LogP contribution >= 0.6 is 11.6 Å². The van der Waals surface area contributed by atoms with E-state index in [4.69, 9.17) is 22.1 Å². The highest BCUT2D eigenvalue weighted by atomic mass is 35.5. The third-order valence-electron chi connectivity index (χ3n) is 2.84. The average Bonchev–Trinajstić information content (AvgIpc) is 2.45. The number of hydrogen-bond acceptors (Lipinski definition) is 3. The quantitative estimate of drug-likeness (QED) is 0.850. The molecule has 2 rings (SSSR count). The SMILES string of the molecule is CCOc1ccc(N)c(S(=O)Cc2cc(F)ccc2Cl)c1. The highest BCUT2D eigenvalue weighted by Gasteiger charge is 2.13. The molecule has 1 unspecified atom stereocenters. The van der Waals surface area contributed by atoms with E-state index >= 15 is 0 Å². The molecule has 0 amide bonds. The maximum atomic E-state index is 13.2. The Morgan fingerprint density at radius 3 is 2.76 bits per heavy atom. The Bertz CT molecular complexity index is 679. The van der Waals surface area contributed by atoms with Crippen LogP contribution in [0.2, 0.25) is 5.02 Å². The van der Waals surface area contributed by atoms with E-state index in [1.807, 2.05) is 6.92 Å². The molecule has 0 aliphatic heterocycles. The second kappa shape index (κ2) is 6.91. The molecule has 0 saturated heterocycles. The molecule has 0 aromatic heterocycles. The van der Waals surface area contributed by atoms with Gasteiger partial charge in [0.15, 0.2) is 0 Å². The molecule has 112 valence electrons. The van der Waals surface area contributed by atoms with Crippen LogP contribution in [0.5, 0.6) is 5.75 Å². The molecule has 0 heterocycles. The monoisotopic (exact) mass is 327 g/mol. The molecule has 2 aromatic rings. The van der Waals surface area contributed by atoms with Crippen molar-refractivity contribution in [3.63, 3.8) is 0 Å². The summed E-state index contributed by atoms with van der Waals surface area (Å²) in [5.74, 6) is 0.277. The van der Waals surface area contributed by atoms with Gasteiger partial charge in [-0.1, -0.05) is 11.6 Å². The average molecular weight is 328 g/mol. The third-order valence-corrected chi connectivity index (χ3v) is 4.62. The first-order valence-corrected chi connectivity index (χ1v) is 8.05. The van der Waals surface area contributed by atoms with E-state index in [2.05, 4.69) is 0 Å². The molecule has 0 aliphatic carbocycles. The molecule has 0 bridgehead atoms. The van der Waals surface area contributed by atoms with Crippen molar-refractivity contribution in [2.45, 2.75) is 17.6 Å². The lowest BCUT2D eigenvalue weighted by atomic mass is 10.2. The van der Waals surface area contributed by atoms with Crippen LogP contribution in [0.3, 0.4) is 0 Å². The highest BCUT2D eigenvalue weighted by molar-refractivity contribution is 7.84. The lowest BCUT2D eigenvalue weighted by molar-refractivity contribution is 0.339. The van der Waals surface area contributed by atoms with Crippen molar-refractivity contribution >= 4 is 28.1 Å². The second-order valence-corrected chi connectivity index (χ2v) is 6.18. The van der Waals surface area contributed by atoms with Crippen LogP contribution in [-0.4, -0.2) is 10.8 Å². The van der Waals surface area contributed by atoms with Crippen LogP contribution in [0.1, 0.15) is 12.5 Å². The van der Waals surface area contributed by atoms with E-state index in [0.717, 1.165) is 0 Å². The maximum Gasteiger partial charge on any atom is 0.123 e. The molecule has 0 radical (unpaired) electrons. The van der Waals surface area contributed by atoms with Crippen molar-refractivity contribution < 1.29 is 13.3 Å². The summed E-state index contributed by atoms with van der Waals surface area (Å²) in [6.45, 7) is 2.37. The maximum absolute atomic E-state index is 13.2. The van der Waals surface area contributed by atoms with Gasteiger partial charge in [-0.2, -0.15) is 0 Å². The van der Waals surface area contributed by atoms with E-state index in [1.165, 1.54) is 18.2 Å². The Labute approximate surface area is 130 Å². The van der Waals surface area contributed by atoms with Gasteiger partial charge in [0.2, 0.25) is 0 Å². The first-order chi connectivity index (χ1) is 10.0. The van der Waals surface area contributed by atoms with Crippen LogP contribution in [0.4, 0.5) is 10.1 Å². The van der Waals surface area contributed by atoms with Crippen LogP contribution in [0.25, 0.3) is 0 Å². The largest absolute Gasteiger partial charge is 0.494 e. The van der Waals surface area contributed by atoms with Crippen molar-refractivity contribution in [2.75, 3.05) is 12.3 Å². The first kappa shape index (κ1) is 15.8. The summed E-state index contributed by atoms with van der Waals surface area (Å²) in [4.78, 5) is 0.460. The number of nitrogens with two attached hydrogens (primary N) is 1. The van der Waals surface area contributed by atoms with Gasteiger partial charge in [-0.3, -0.25) is 4.21 Å². The van der Waals surface area contributed by atoms with Crippen LogP contribution < -0.4 is 10.5 Å². The molecular weight excluding hydrogens is 313 g/mol. The second-order valence-electron chi connectivity index (χ2n) is 4.36. The van der Waals surface area contributed by atoms with Crippen molar-refractivity contribution in [3.05, 3.63) is 52.8 Å². The summed E-state index contributed by atoms with van der Waals surface area (Å²) in [5, 5.41) is 0.379. The minimum absolute atomic E-state index is 0.0936. The van der Waals surface area contributed by atoms with Crippen LogP contribution in [-0.2, 0) is 16.6 Å². The van der Waals surface area contributed by atoms with Gasteiger partial charge in [0.1, 0.15) is 11.6 Å². The zero-order valence-electron chi connectivity index (χ0n) is 11.4. The highest BCUT2D eigenvalue weighted by Crippen LogP contribution is 2.27. The fourth-order valence-electron chi connectivity index (χ4n) is 1.84. The van der Waals surface area contributed by atoms with Crippen molar-refractivity contribution in [3.8, 4) is 5.75 Å². The van der Waals surface area contributed by atoms with Crippen LogP contribution in [0, 0.1) is 5.82 Å². The molecule has 0 aliphatic rings. The molecule has 1 atom stereocenters. The molecule has 0 saturated carbocycles. The predicted octanol–water partition coefficient (Wildman–Crippen LogP) is 3.77. The van der Waals surface area contributed by atoms with Crippen molar-refractivity contribution in [1.29, 1.82) is 0 Å². The van der Waals surface area contributed by atoms with Crippen LogP contribution in [0.15, 0.2) is 41.3 Å². The minimum Gasteiger partial charge on any atom is -0.494 e.